The molecule has 25 heavy (non-hydrogen) atoms. The van der Waals surface area contributed by atoms with Gasteiger partial charge in [-0.3, -0.25) is 0 Å². The minimum atomic E-state index is -0.269. The second kappa shape index (κ2) is 7.98. The first-order valence-electron chi connectivity index (χ1n) is 9.00. The molecule has 1 heterocycles. The first-order chi connectivity index (χ1) is 12.1. The van der Waals surface area contributed by atoms with Gasteiger partial charge >= 0.3 is 5.63 Å². The molecule has 0 aliphatic carbocycles. The van der Waals surface area contributed by atoms with Crippen LogP contribution in [0, 0.1) is 13.8 Å². The molecule has 2 heteroatoms. The van der Waals surface area contributed by atoms with Crippen molar-refractivity contribution in [3.63, 3.8) is 0 Å². The monoisotopic (exact) mass is 334 g/mol. The first kappa shape index (κ1) is 18.7. The summed E-state index contributed by atoms with van der Waals surface area (Å²) in [6, 6.07) is 16.2. The standard InChI is InChI=1S/C19H14O2.2C2H6/c1-11-3-6-14-13(9-11)5-8-16-15-7-4-12(2)10-17(15)19(20)21-18(14)16;2*1-2/h3-10H,1-2H3;2*1-2H3. The van der Waals surface area contributed by atoms with E-state index in [2.05, 4.69) is 19.1 Å². The van der Waals surface area contributed by atoms with Gasteiger partial charge in [-0.15, -0.1) is 0 Å². The van der Waals surface area contributed by atoms with E-state index in [0.717, 1.165) is 27.1 Å². The predicted molar refractivity (Wildman–Crippen MR) is 110 cm³/mol. The number of hydrogen-bond donors (Lipinski definition) is 0. The number of hydrogen-bond acceptors (Lipinski definition) is 2. The fraction of sp³-hybridized carbons (Fsp3) is 0.261. The lowest BCUT2D eigenvalue weighted by Gasteiger charge is -2.07. The maximum Gasteiger partial charge on any atom is 0.344 e. The maximum atomic E-state index is 12.3. The van der Waals surface area contributed by atoms with Crippen LogP contribution in [-0.4, -0.2) is 0 Å². The summed E-state index contributed by atoms with van der Waals surface area (Å²) in [5.41, 5.74) is 2.66. The Morgan fingerprint density at radius 2 is 1.20 bits per heavy atom. The van der Waals surface area contributed by atoms with Crippen molar-refractivity contribution in [2.75, 3.05) is 0 Å². The van der Waals surface area contributed by atoms with Crippen molar-refractivity contribution in [1.29, 1.82) is 0 Å². The lowest BCUT2D eigenvalue weighted by Crippen LogP contribution is -2.00. The van der Waals surface area contributed by atoms with Crippen LogP contribution >= 0.6 is 0 Å². The van der Waals surface area contributed by atoms with Crippen LogP contribution in [0.1, 0.15) is 38.8 Å². The summed E-state index contributed by atoms with van der Waals surface area (Å²) < 4.78 is 5.63. The molecule has 0 radical (unpaired) electrons. The Kier molecular flexibility index (Phi) is 5.97. The molecule has 0 saturated heterocycles. The molecule has 2 nitrogen and oxygen atoms in total. The second-order valence-electron chi connectivity index (χ2n) is 5.61. The molecule has 0 aliphatic heterocycles. The summed E-state index contributed by atoms with van der Waals surface area (Å²) in [7, 11) is 0. The van der Waals surface area contributed by atoms with Gasteiger partial charge in [0.05, 0.1) is 5.39 Å². The van der Waals surface area contributed by atoms with Crippen LogP contribution in [0.25, 0.3) is 32.5 Å². The molecule has 0 N–H and O–H groups in total. The largest absolute Gasteiger partial charge is 0.422 e. The van der Waals surface area contributed by atoms with Crippen molar-refractivity contribution in [3.05, 3.63) is 70.1 Å². The Bertz CT molecular complexity index is 1070. The van der Waals surface area contributed by atoms with Gasteiger partial charge in [-0.1, -0.05) is 75.2 Å². The van der Waals surface area contributed by atoms with E-state index in [1.165, 1.54) is 5.56 Å². The predicted octanol–water partition coefficient (Wildman–Crippen LogP) is 6.77. The Morgan fingerprint density at radius 3 is 1.88 bits per heavy atom. The molecular formula is C23H26O2. The summed E-state index contributed by atoms with van der Waals surface area (Å²) in [5, 5.41) is 4.67. The number of benzene rings is 3. The van der Waals surface area contributed by atoms with E-state index < -0.39 is 0 Å². The number of rotatable bonds is 0. The van der Waals surface area contributed by atoms with Gasteiger partial charge in [0, 0.05) is 10.8 Å². The van der Waals surface area contributed by atoms with Crippen LogP contribution < -0.4 is 5.63 Å². The Morgan fingerprint density at radius 1 is 0.640 bits per heavy atom. The number of fused-ring (bicyclic) bond motifs is 5. The zero-order valence-corrected chi connectivity index (χ0v) is 15.9. The van der Waals surface area contributed by atoms with Crippen LogP contribution in [0.15, 0.2) is 57.7 Å². The Hall–Kier alpha value is -2.61. The topological polar surface area (TPSA) is 30.2 Å². The van der Waals surface area contributed by atoms with Gasteiger partial charge in [0.1, 0.15) is 5.58 Å². The summed E-state index contributed by atoms with van der Waals surface area (Å²) in [4.78, 5) is 12.3. The van der Waals surface area contributed by atoms with Gasteiger partial charge in [-0.05, 0) is 36.8 Å². The molecule has 0 amide bonds. The molecule has 0 bridgehead atoms. The van der Waals surface area contributed by atoms with Gasteiger partial charge in [0.25, 0.3) is 0 Å². The van der Waals surface area contributed by atoms with Crippen LogP contribution in [0.3, 0.4) is 0 Å². The zero-order valence-electron chi connectivity index (χ0n) is 15.9. The summed E-state index contributed by atoms with van der Waals surface area (Å²) >= 11 is 0. The van der Waals surface area contributed by atoms with Gasteiger partial charge in [-0.2, -0.15) is 0 Å². The smallest absolute Gasteiger partial charge is 0.344 e. The second-order valence-corrected chi connectivity index (χ2v) is 5.61. The van der Waals surface area contributed by atoms with E-state index in [9.17, 15) is 4.79 Å². The average molecular weight is 334 g/mol. The van der Waals surface area contributed by atoms with Crippen LogP contribution in [0.2, 0.25) is 0 Å². The third-order valence-electron chi connectivity index (χ3n) is 4.01. The Labute approximate surface area is 149 Å². The molecular weight excluding hydrogens is 308 g/mol. The molecule has 130 valence electrons. The minimum absolute atomic E-state index is 0.269. The molecule has 3 aromatic carbocycles. The van der Waals surface area contributed by atoms with Crippen molar-refractivity contribution in [2.24, 2.45) is 0 Å². The highest BCUT2D eigenvalue weighted by molar-refractivity contribution is 6.13. The van der Waals surface area contributed by atoms with Crippen LogP contribution in [-0.2, 0) is 0 Å². The van der Waals surface area contributed by atoms with Crippen LogP contribution in [0.5, 0.6) is 0 Å². The van der Waals surface area contributed by atoms with Crippen molar-refractivity contribution in [1.82, 2.24) is 0 Å². The summed E-state index contributed by atoms with van der Waals surface area (Å²) in [6.07, 6.45) is 0. The Balaban J connectivity index is 0.000000528. The zero-order chi connectivity index (χ0) is 18.6. The molecule has 4 aromatic rings. The summed E-state index contributed by atoms with van der Waals surface area (Å²) in [5.74, 6) is 0. The normalized spacial score (nSPS) is 10.2. The van der Waals surface area contributed by atoms with E-state index in [0.29, 0.717) is 11.0 Å². The highest BCUT2D eigenvalue weighted by atomic mass is 16.4. The molecule has 1 aromatic heterocycles. The van der Waals surface area contributed by atoms with E-state index in [1.807, 2.05) is 71.0 Å². The van der Waals surface area contributed by atoms with Crippen molar-refractivity contribution in [2.45, 2.75) is 41.5 Å². The van der Waals surface area contributed by atoms with Gasteiger partial charge in [0.2, 0.25) is 0 Å². The summed E-state index contributed by atoms with van der Waals surface area (Å²) in [6.45, 7) is 12.0. The van der Waals surface area contributed by atoms with E-state index >= 15 is 0 Å². The van der Waals surface area contributed by atoms with Crippen molar-refractivity contribution in [3.8, 4) is 0 Å². The van der Waals surface area contributed by atoms with Crippen molar-refractivity contribution < 1.29 is 4.42 Å². The van der Waals surface area contributed by atoms with E-state index in [-0.39, 0.29) is 5.63 Å². The average Bonchev–Trinajstić information content (AvgIpc) is 2.65. The van der Waals surface area contributed by atoms with Gasteiger partial charge in [-0.25, -0.2) is 4.79 Å². The highest BCUT2D eigenvalue weighted by Crippen LogP contribution is 2.30. The fourth-order valence-electron chi connectivity index (χ4n) is 2.95. The molecule has 4 rings (SSSR count). The van der Waals surface area contributed by atoms with E-state index in [4.69, 9.17) is 4.42 Å². The third-order valence-corrected chi connectivity index (χ3v) is 4.01. The van der Waals surface area contributed by atoms with E-state index in [1.54, 1.807) is 0 Å². The lowest BCUT2D eigenvalue weighted by molar-refractivity contribution is 0.573. The molecule has 0 spiro atoms. The molecule has 0 aliphatic rings. The quantitative estimate of drug-likeness (QED) is 0.262. The maximum absolute atomic E-state index is 12.3. The fourth-order valence-corrected chi connectivity index (χ4v) is 2.95. The lowest BCUT2D eigenvalue weighted by atomic mass is 10.0. The highest BCUT2D eigenvalue weighted by Gasteiger charge is 2.10. The molecule has 0 saturated carbocycles. The third kappa shape index (κ3) is 3.43. The van der Waals surface area contributed by atoms with Gasteiger partial charge < -0.3 is 4.42 Å². The van der Waals surface area contributed by atoms with Crippen molar-refractivity contribution >= 4 is 32.5 Å². The molecule has 0 unspecified atom stereocenters. The molecule has 0 atom stereocenters. The minimum Gasteiger partial charge on any atom is -0.422 e. The van der Waals surface area contributed by atoms with Gasteiger partial charge in [0.15, 0.2) is 0 Å². The number of aryl methyl sites for hydroxylation is 2. The molecule has 0 fully saturated rings. The first-order valence-corrected chi connectivity index (χ1v) is 9.00. The van der Waals surface area contributed by atoms with Crippen LogP contribution in [0.4, 0.5) is 0 Å². The SMILES string of the molecule is CC.CC.Cc1ccc2c(ccc3c4ccc(C)cc4c(=O)oc23)c1.